The molecule has 0 radical (unpaired) electrons. The molecule has 0 N–H and O–H groups in total. The number of nitrogens with zero attached hydrogens (tertiary/aromatic N) is 2. The van der Waals surface area contributed by atoms with Gasteiger partial charge < -0.3 is 19.1 Å². The Balaban J connectivity index is 1.31. The molecule has 4 heterocycles. The van der Waals surface area contributed by atoms with Crippen LogP contribution in [0.2, 0.25) is 0 Å². The molecule has 0 spiro atoms. The predicted molar refractivity (Wildman–Crippen MR) is 138 cm³/mol. The zero-order valence-corrected chi connectivity index (χ0v) is 20.8. The van der Waals surface area contributed by atoms with Gasteiger partial charge in [0, 0.05) is 24.8 Å². The second-order valence-corrected chi connectivity index (χ2v) is 9.86. The second kappa shape index (κ2) is 8.56. The Kier molecular flexibility index (Phi) is 5.09. The Morgan fingerprint density at radius 2 is 1.64 bits per heavy atom. The summed E-state index contributed by atoms with van der Waals surface area (Å²) in [6.45, 7) is 1.37. The summed E-state index contributed by atoms with van der Waals surface area (Å²) in [4.78, 5) is 56.5. The van der Waals surface area contributed by atoms with Crippen LogP contribution in [0, 0.1) is 11.8 Å². The first-order valence-electron chi connectivity index (χ1n) is 12.6. The van der Waals surface area contributed by atoms with E-state index in [2.05, 4.69) is 0 Å². The minimum atomic E-state index is -0.903. The Morgan fingerprint density at radius 1 is 0.897 bits per heavy atom. The van der Waals surface area contributed by atoms with Gasteiger partial charge in [-0.15, -0.1) is 0 Å². The molecule has 0 bridgehead atoms. The summed E-state index contributed by atoms with van der Waals surface area (Å²) in [5, 5.41) is 0. The van der Waals surface area contributed by atoms with Crippen molar-refractivity contribution >= 4 is 35.3 Å². The summed E-state index contributed by atoms with van der Waals surface area (Å²) >= 11 is 0. The molecule has 0 aromatic heterocycles. The van der Waals surface area contributed by atoms with Crippen LogP contribution in [-0.4, -0.2) is 41.3 Å². The van der Waals surface area contributed by atoms with Gasteiger partial charge in [-0.3, -0.25) is 19.2 Å². The zero-order valence-electron chi connectivity index (χ0n) is 20.8. The van der Waals surface area contributed by atoms with Gasteiger partial charge in [0.2, 0.25) is 18.6 Å². The summed E-state index contributed by atoms with van der Waals surface area (Å²) in [7, 11) is 0. The van der Waals surface area contributed by atoms with Gasteiger partial charge >= 0.3 is 5.97 Å². The molecule has 194 valence electrons. The summed E-state index contributed by atoms with van der Waals surface area (Å²) < 4.78 is 16.0. The molecular formula is C30H22N2O7. The van der Waals surface area contributed by atoms with Crippen LogP contribution in [0.4, 0.5) is 5.69 Å². The molecule has 4 atom stereocenters. The summed E-state index contributed by atoms with van der Waals surface area (Å²) in [5.41, 5.74) is 2.57. The SMILES string of the molecule is CC(=O)Oc1ccc(C(=O)[C@@H]2[C@@H]3C(=O)N(c4ccc5c(c4)OCO5)C(=O)[C@H]3[C@@H]3c4ccccc4C=CN23)cc1. The van der Waals surface area contributed by atoms with Crippen LogP contribution in [0.3, 0.4) is 0 Å². The number of esters is 1. The van der Waals surface area contributed by atoms with Crippen LogP contribution >= 0.6 is 0 Å². The lowest BCUT2D eigenvalue weighted by atomic mass is 9.83. The topological polar surface area (TPSA) is 102 Å². The molecule has 3 aromatic carbocycles. The lowest BCUT2D eigenvalue weighted by molar-refractivity contribution is -0.132. The monoisotopic (exact) mass is 522 g/mol. The molecule has 9 heteroatoms. The first-order valence-corrected chi connectivity index (χ1v) is 12.6. The summed E-state index contributed by atoms with van der Waals surface area (Å²) in [5.74, 6) is -1.89. The fourth-order valence-electron chi connectivity index (χ4n) is 6.16. The van der Waals surface area contributed by atoms with E-state index < -0.39 is 35.8 Å². The molecule has 4 aliphatic heterocycles. The summed E-state index contributed by atoms with van der Waals surface area (Å²) in [6, 6.07) is 17.5. The average Bonchev–Trinajstić information content (AvgIpc) is 3.61. The number of carbonyl (C=O) groups is 4. The van der Waals surface area contributed by atoms with Crippen molar-refractivity contribution in [2.45, 2.75) is 19.0 Å². The largest absolute Gasteiger partial charge is 0.454 e. The van der Waals surface area contributed by atoms with Crippen molar-refractivity contribution < 1.29 is 33.4 Å². The Bertz CT molecular complexity index is 1600. The van der Waals surface area contributed by atoms with Gasteiger partial charge in [-0.1, -0.05) is 24.3 Å². The van der Waals surface area contributed by atoms with Crippen molar-refractivity contribution in [3.63, 3.8) is 0 Å². The number of rotatable bonds is 4. The molecule has 7 rings (SSSR count). The van der Waals surface area contributed by atoms with Crippen molar-refractivity contribution in [3.8, 4) is 17.2 Å². The molecule has 9 nitrogen and oxygen atoms in total. The lowest BCUT2D eigenvalue weighted by Crippen LogP contribution is -2.44. The van der Waals surface area contributed by atoms with E-state index in [1.54, 1.807) is 42.5 Å². The first kappa shape index (κ1) is 23.2. The molecule has 2 saturated heterocycles. The molecule has 39 heavy (non-hydrogen) atoms. The number of carbonyl (C=O) groups excluding carboxylic acids is 4. The Labute approximate surface area is 223 Å². The van der Waals surface area contributed by atoms with Crippen LogP contribution in [0.1, 0.15) is 34.5 Å². The third-order valence-electron chi connectivity index (χ3n) is 7.74. The van der Waals surface area contributed by atoms with Gasteiger partial charge in [-0.2, -0.15) is 0 Å². The fraction of sp³-hybridized carbons (Fsp3) is 0.200. The first-order chi connectivity index (χ1) is 18.9. The number of imide groups is 1. The van der Waals surface area contributed by atoms with E-state index in [9.17, 15) is 19.2 Å². The quantitative estimate of drug-likeness (QED) is 0.221. The van der Waals surface area contributed by atoms with Gasteiger partial charge in [-0.25, -0.2) is 4.90 Å². The number of Topliss-reactive ketones (excluding diaryl/α,β-unsaturated/α-hetero) is 1. The molecule has 2 fully saturated rings. The smallest absolute Gasteiger partial charge is 0.308 e. The number of amides is 2. The highest BCUT2D eigenvalue weighted by Gasteiger charge is 2.64. The van der Waals surface area contributed by atoms with Gasteiger partial charge in [0.25, 0.3) is 0 Å². The average molecular weight is 523 g/mol. The van der Waals surface area contributed by atoms with Gasteiger partial charge in [0.05, 0.1) is 23.6 Å². The molecule has 0 aliphatic carbocycles. The van der Waals surface area contributed by atoms with E-state index in [4.69, 9.17) is 14.2 Å². The van der Waals surface area contributed by atoms with Crippen molar-refractivity contribution in [1.82, 2.24) is 4.90 Å². The van der Waals surface area contributed by atoms with E-state index >= 15 is 0 Å². The van der Waals surface area contributed by atoms with Crippen LogP contribution in [-0.2, 0) is 14.4 Å². The Hall–Kier alpha value is -4.92. The van der Waals surface area contributed by atoms with E-state index in [0.29, 0.717) is 28.5 Å². The Morgan fingerprint density at radius 3 is 2.44 bits per heavy atom. The number of ether oxygens (including phenoxy) is 3. The maximum Gasteiger partial charge on any atom is 0.308 e. The van der Waals surface area contributed by atoms with Crippen molar-refractivity contribution in [2.24, 2.45) is 11.8 Å². The summed E-state index contributed by atoms with van der Waals surface area (Å²) in [6.07, 6.45) is 3.72. The third-order valence-corrected chi connectivity index (χ3v) is 7.74. The molecule has 2 amide bonds. The zero-order chi connectivity index (χ0) is 26.8. The van der Waals surface area contributed by atoms with Crippen molar-refractivity contribution in [3.05, 3.63) is 89.6 Å². The highest BCUT2D eigenvalue weighted by atomic mass is 16.7. The molecule has 4 aliphatic rings. The second-order valence-electron chi connectivity index (χ2n) is 9.86. The van der Waals surface area contributed by atoms with E-state index in [0.717, 1.165) is 11.1 Å². The highest BCUT2D eigenvalue weighted by Crippen LogP contribution is 2.54. The normalized spacial score (nSPS) is 23.9. The number of ketones is 1. The van der Waals surface area contributed by atoms with Gasteiger partial charge in [-0.05, 0) is 53.6 Å². The molecular weight excluding hydrogens is 500 g/mol. The van der Waals surface area contributed by atoms with Crippen LogP contribution in [0.15, 0.2) is 72.9 Å². The third kappa shape index (κ3) is 3.46. The minimum absolute atomic E-state index is 0.0684. The minimum Gasteiger partial charge on any atom is -0.454 e. The number of hydrogen-bond acceptors (Lipinski definition) is 8. The van der Waals surface area contributed by atoms with Crippen LogP contribution in [0.25, 0.3) is 6.08 Å². The molecule has 3 aromatic rings. The van der Waals surface area contributed by atoms with Crippen LogP contribution < -0.4 is 19.1 Å². The van der Waals surface area contributed by atoms with Crippen molar-refractivity contribution in [1.29, 1.82) is 0 Å². The maximum absolute atomic E-state index is 14.0. The maximum atomic E-state index is 14.0. The number of anilines is 1. The molecule has 0 unspecified atom stereocenters. The van der Waals surface area contributed by atoms with E-state index in [-0.39, 0.29) is 18.5 Å². The molecule has 0 saturated carbocycles. The lowest BCUT2D eigenvalue weighted by Gasteiger charge is -2.35. The van der Waals surface area contributed by atoms with Gasteiger partial charge in [0.15, 0.2) is 17.3 Å². The fourth-order valence-corrected chi connectivity index (χ4v) is 6.16. The number of benzene rings is 3. The number of hydrogen-bond donors (Lipinski definition) is 0. The standard InChI is InChI=1S/C30H22N2O7/c1-16(33)39-20-9-6-18(7-10-20)28(34)27-25-24(26-21-5-3-2-4-17(21)12-13-31(26)27)29(35)32(30(25)36)19-8-11-22-23(14-19)38-15-37-22/h2-14,24-27H,15H2,1H3/t24-,25-,26+,27+/m1/s1. The predicted octanol–water partition coefficient (Wildman–Crippen LogP) is 3.74. The van der Waals surface area contributed by atoms with Crippen LogP contribution in [0.5, 0.6) is 17.2 Å². The highest BCUT2D eigenvalue weighted by molar-refractivity contribution is 6.24. The van der Waals surface area contributed by atoms with Gasteiger partial charge in [0.1, 0.15) is 11.8 Å². The van der Waals surface area contributed by atoms with E-state index in [1.165, 1.54) is 11.8 Å². The van der Waals surface area contributed by atoms with E-state index in [1.807, 2.05) is 41.4 Å². The number of fused-ring (bicyclic) bond motifs is 6. The van der Waals surface area contributed by atoms with Crippen molar-refractivity contribution in [2.75, 3.05) is 11.7 Å².